The first kappa shape index (κ1) is 21.6. The lowest BCUT2D eigenvalue weighted by molar-refractivity contribution is -0.384. The maximum atomic E-state index is 13.5. The van der Waals surface area contributed by atoms with E-state index >= 15 is 0 Å². The predicted octanol–water partition coefficient (Wildman–Crippen LogP) is 3.79. The van der Waals surface area contributed by atoms with Gasteiger partial charge < -0.3 is 24.6 Å². The topological polar surface area (TPSA) is 97.2 Å². The number of rotatable bonds is 5. The van der Waals surface area contributed by atoms with Crippen LogP contribution in [0.5, 0.6) is 11.5 Å². The fourth-order valence-corrected chi connectivity index (χ4v) is 4.77. The lowest BCUT2D eigenvalue weighted by atomic mass is 9.78. The number of methoxy groups -OCH3 is 2. The first-order valence-corrected chi connectivity index (χ1v) is 10.8. The minimum Gasteiger partial charge on any atom is -0.497 e. The van der Waals surface area contributed by atoms with E-state index in [1.807, 2.05) is 48.5 Å². The molecule has 2 aliphatic rings. The Morgan fingerprint density at radius 3 is 1.88 bits per heavy atom. The second kappa shape index (κ2) is 8.26. The van der Waals surface area contributed by atoms with Crippen LogP contribution in [0.4, 0.5) is 22.7 Å². The number of carbonyl (C=O) groups excluding carboxylic acids is 1. The van der Waals surface area contributed by atoms with E-state index in [9.17, 15) is 14.9 Å². The normalized spacial score (nSPS) is 16.2. The Hall–Kier alpha value is -4.27. The Bertz CT molecular complexity index is 1190. The number of fused-ring (bicyclic) bond motifs is 2. The number of non-ortho nitro benzene ring substituents is 1. The summed E-state index contributed by atoms with van der Waals surface area (Å²) in [6, 6.07) is 19.9. The standard InChI is InChI=1S/C25H24N4O5/c1-33-20-8-3-17(4-9-20)27-14-25(15-28(16-27)18-5-10-21(34-2)11-6-18)22-13-19(29(31)32)7-12-23(22)26-24(25)30/h3-13H,14-16H2,1-2H3,(H,26,30). The van der Waals surface area contributed by atoms with Gasteiger partial charge in [-0.1, -0.05) is 0 Å². The van der Waals surface area contributed by atoms with Crippen molar-refractivity contribution in [1.29, 1.82) is 0 Å². The molecule has 0 aliphatic carbocycles. The zero-order chi connectivity index (χ0) is 23.9. The molecule has 34 heavy (non-hydrogen) atoms. The SMILES string of the molecule is COc1ccc(N2CN(c3ccc(OC)cc3)CC3(C2)C(=O)Nc2ccc([N+](=O)[O-])cc23)cc1. The van der Waals surface area contributed by atoms with Crippen LogP contribution in [0.3, 0.4) is 0 Å². The molecule has 0 bridgehead atoms. The van der Waals surface area contributed by atoms with Crippen LogP contribution in [-0.2, 0) is 10.2 Å². The second-order valence-electron chi connectivity index (χ2n) is 8.46. The van der Waals surface area contributed by atoms with Gasteiger partial charge in [0.2, 0.25) is 5.91 Å². The monoisotopic (exact) mass is 460 g/mol. The van der Waals surface area contributed by atoms with Crippen molar-refractivity contribution in [2.75, 3.05) is 49.1 Å². The van der Waals surface area contributed by atoms with Crippen molar-refractivity contribution in [3.63, 3.8) is 0 Å². The van der Waals surface area contributed by atoms with Crippen LogP contribution in [0.15, 0.2) is 66.7 Å². The average molecular weight is 460 g/mol. The number of carbonyl (C=O) groups is 1. The van der Waals surface area contributed by atoms with Crippen LogP contribution in [-0.4, -0.2) is 44.8 Å². The molecule has 3 aromatic rings. The lowest BCUT2D eigenvalue weighted by Gasteiger charge is -2.47. The number of hydrogen-bond acceptors (Lipinski definition) is 7. The zero-order valence-electron chi connectivity index (χ0n) is 18.9. The van der Waals surface area contributed by atoms with Crippen molar-refractivity contribution in [1.82, 2.24) is 0 Å². The number of benzene rings is 3. The van der Waals surface area contributed by atoms with Gasteiger partial charge in [-0.15, -0.1) is 0 Å². The lowest BCUT2D eigenvalue weighted by Crippen LogP contribution is -2.61. The van der Waals surface area contributed by atoms with Crippen LogP contribution in [0.1, 0.15) is 5.56 Å². The fraction of sp³-hybridized carbons (Fsp3) is 0.240. The average Bonchev–Trinajstić information content (AvgIpc) is 3.13. The molecule has 1 spiro atoms. The number of amides is 1. The molecule has 0 radical (unpaired) electrons. The number of nitro groups is 1. The van der Waals surface area contributed by atoms with Crippen LogP contribution < -0.4 is 24.6 Å². The Morgan fingerprint density at radius 2 is 1.41 bits per heavy atom. The third kappa shape index (κ3) is 3.55. The summed E-state index contributed by atoms with van der Waals surface area (Å²) in [7, 11) is 3.23. The van der Waals surface area contributed by atoms with Gasteiger partial charge in [0.15, 0.2) is 0 Å². The molecule has 2 heterocycles. The number of nitrogens with zero attached hydrogens (tertiary/aromatic N) is 3. The molecule has 5 rings (SSSR count). The van der Waals surface area contributed by atoms with Gasteiger partial charge in [-0.2, -0.15) is 0 Å². The van der Waals surface area contributed by atoms with E-state index in [2.05, 4.69) is 15.1 Å². The van der Waals surface area contributed by atoms with Crippen molar-refractivity contribution in [3.05, 3.63) is 82.4 Å². The first-order chi connectivity index (χ1) is 16.4. The molecule has 2 aliphatic heterocycles. The molecule has 3 aromatic carbocycles. The van der Waals surface area contributed by atoms with E-state index in [0.717, 1.165) is 22.9 Å². The summed E-state index contributed by atoms with van der Waals surface area (Å²) in [5.74, 6) is 1.31. The van der Waals surface area contributed by atoms with E-state index in [1.165, 1.54) is 12.1 Å². The molecule has 1 saturated heterocycles. The van der Waals surface area contributed by atoms with E-state index in [-0.39, 0.29) is 11.6 Å². The minimum absolute atomic E-state index is 0.0350. The summed E-state index contributed by atoms with van der Waals surface area (Å²) < 4.78 is 10.6. The summed E-state index contributed by atoms with van der Waals surface area (Å²) in [4.78, 5) is 28.8. The molecule has 1 amide bonds. The highest BCUT2D eigenvalue weighted by Crippen LogP contribution is 2.44. The van der Waals surface area contributed by atoms with Gasteiger partial charge in [-0.3, -0.25) is 14.9 Å². The third-order valence-corrected chi connectivity index (χ3v) is 6.55. The summed E-state index contributed by atoms with van der Waals surface area (Å²) in [5.41, 5.74) is 2.08. The predicted molar refractivity (Wildman–Crippen MR) is 129 cm³/mol. The number of hydrogen-bond donors (Lipinski definition) is 1. The smallest absolute Gasteiger partial charge is 0.269 e. The first-order valence-electron chi connectivity index (χ1n) is 10.8. The highest BCUT2D eigenvalue weighted by Gasteiger charge is 2.52. The van der Waals surface area contributed by atoms with E-state index in [4.69, 9.17) is 9.47 Å². The summed E-state index contributed by atoms with van der Waals surface area (Å²) in [6.45, 7) is 1.30. The quantitative estimate of drug-likeness (QED) is 0.457. The highest BCUT2D eigenvalue weighted by molar-refractivity contribution is 6.07. The summed E-state index contributed by atoms with van der Waals surface area (Å²) >= 11 is 0. The molecule has 174 valence electrons. The largest absolute Gasteiger partial charge is 0.497 e. The van der Waals surface area contributed by atoms with E-state index in [0.29, 0.717) is 31.0 Å². The number of anilines is 3. The van der Waals surface area contributed by atoms with Gasteiger partial charge >= 0.3 is 0 Å². The van der Waals surface area contributed by atoms with Crippen molar-refractivity contribution in [2.24, 2.45) is 0 Å². The Labute approximate surface area is 196 Å². The number of nitrogens with one attached hydrogen (secondary N) is 1. The zero-order valence-corrected chi connectivity index (χ0v) is 18.9. The van der Waals surface area contributed by atoms with E-state index in [1.54, 1.807) is 20.3 Å². The van der Waals surface area contributed by atoms with Crippen LogP contribution in [0, 0.1) is 10.1 Å². The van der Waals surface area contributed by atoms with Crippen LogP contribution in [0.25, 0.3) is 0 Å². The van der Waals surface area contributed by atoms with Crippen molar-refractivity contribution in [3.8, 4) is 11.5 Å². The molecule has 0 saturated carbocycles. The molecule has 9 heteroatoms. The maximum Gasteiger partial charge on any atom is 0.269 e. The highest BCUT2D eigenvalue weighted by atomic mass is 16.6. The molecule has 1 fully saturated rings. The summed E-state index contributed by atoms with van der Waals surface area (Å²) in [5, 5.41) is 14.5. The third-order valence-electron chi connectivity index (χ3n) is 6.55. The molecule has 9 nitrogen and oxygen atoms in total. The number of ether oxygens (including phenoxy) is 2. The second-order valence-corrected chi connectivity index (χ2v) is 8.46. The Morgan fingerprint density at radius 1 is 0.882 bits per heavy atom. The number of nitro benzene ring substituents is 1. The Balaban J connectivity index is 1.60. The van der Waals surface area contributed by atoms with Crippen LogP contribution >= 0.6 is 0 Å². The van der Waals surface area contributed by atoms with Gasteiger partial charge in [0.25, 0.3) is 5.69 Å². The van der Waals surface area contributed by atoms with Crippen molar-refractivity contribution in [2.45, 2.75) is 5.41 Å². The molecule has 0 aromatic heterocycles. The Kier molecular flexibility index (Phi) is 5.24. The van der Waals surface area contributed by atoms with Gasteiger partial charge in [-0.05, 0) is 54.6 Å². The van der Waals surface area contributed by atoms with Crippen molar-refractivity contribution >= 4 is 28.7 Å². The maximum absolute atomic E-state index is 13.5. The fourth-order valence-electron chi connectivity index (χ4n) is 4.77. The van der Waals surface area contributed by atoms with Gasteiger partial charge in [0, 0.05) is 47.8 Å². The summed E-state index contributed by atoms with van der Waals surface area (Å²) in [6.07, 6.45) is 0. The van der Waals surface area contributed by atoms with Gasteiger partial charge in [-0.25, -0.2) is 0 Å². The molecule has 0 atom stereocenters. The molecule has 0 unspecified atom stereocenters. The molecule has 1 N–H and O–H groups in total. The molecular formula is C25H24N4O5. The van der Waals surface area contributed by atoms with Crippen molar-refractivity contribution < 1.29 is 19.2 Å². The van der Waals surface area contributed by atoms with Crippen LogP contribution in [0.2, 0.25) is 0 Å². The van der Waals surface area contributed by atoms with E-state index < -0.39 is 10.3 Å². The van der Waals surface area contributed by atoms with Gasteiger partial charge in [0.05, 0.1) is 25.8 Å². The minimum atomic E-state index is -0.987. The van der Waals surface area contributed by atoms with Gasteiger partial charge in [0.1, 0.15) is 16.9 Å². The molecular weight excluding hydrogens is 436 g/mol.